The molecule has 0 aliphatic rings. The van der Waals surface area contributed by atoms with Crippen LogP contribution in [-0.2, 0) is 19.5 Å². The van der Waals surface area contributed by atoms with E-state index in [-0.39, 0.29) is 19.5 Å². The van der Waals surface area contributed by atoms with Crippen molar-refractivity contribution >= 4 is 23.2 Å². The van der Waals surface area contributed by atoms with Gasteiger partial charge < -0.3 is 0 Å². The molecule has 0 radical (unpaired) electrons. The standard InChI is InChI=1S/C12H8Cl2.Ru/c13-11-5-1-9(2-6-11)10-3-7-12(14)8-4-10;/h1-8H;. The summed E-state index contributed by atoms with van der Waals surface area (Å²) in [5.41, 5.74) is 2.29. The Morgan fingerprint density at radius 2 is 0.800 bits per heavy atom. The molecule has 0 heterocycles. The van der Waals surface area contributed by atoms with Gasteiger partial charge in [0.05, 0.1) is 0 Å². The monoisotopic (exact) mass is 324 g/mol. The van der Waals surface area contributed by atoms with Crippen LogP contribution in [0.1, 0.15) is 0 Å². The maximum Gasteiger partial charge on any atom is 0.0406 e. The molecule has 3 heteroatoms. The normalized spacial score (nSPS) is 9.47. The summed E-state index contributed by atoms with van der Waals surface area (Å²) in [7, 11) is 0. The summed E-state index contributed by atoms with van der Waals surface area (Å²) in [6.07, 6.45) is 0. The number of benzene rings is 2. The molecule has 0 unspecified atom stereocenters. The topological polar surface area (TPSA) is 0 Å². The fraction of sp³-hybridized carbons (Fsp3) is 0. The van der Waals surface area contributed by atoms with Crippen molar-refractivity contribution in [2.45, 2.75) is 0 Å². The van der Waals surface area contributed by atoms with Crippen LogP contribution in [0.5, 0.6) is 0 Å². The SMILES string of the molecule is Clc1ccc(-c2ccc(Cl)cc2)cc1.[Ru]. The fourth-order valence-electron chi connectivity index (χ4n) is 1.28. The Kier molecular flexibility index (Phi) is 4.79. The minimum atomic E-state index is 0. The van der Waals surface area contributed by atoms with Crippen LogP contribution in [0.4, 0.5) is 0 Å². The number of hydrogen-bond acceptors (Lipinski definition) is 0. The Labute approximate surface area is 112 Å². The van der Waals surface area contributed by atoms with E-state index in [9.17, 15) is 0 Å². The van der Waals surface area contributed by atoms with E-state index in [2.05, 4.69) is 0 Å². The minimum Gasteiger partial charge on any atom is -0.0843 e. The van der Waals surface area contributed by atoms with Gasteiger partial charge >= 0.3 is 0 Å². The second-order valence-electron chi connectivity index (χ2n) is 3.01. The Bertz CT molecular complexity index is 377. The Morgan fingerprint density at radius 3 is 1.07 bits per heavy atom. The number of hydrogen-bond donors (Lipinski definition) is 0. The Hall–Kier alpha value is -0.357. The van der Waals surface area contributed by atoms with Gasteiger partial charge in [0.15, 0.2) is 0 Å². The molecule has 0 aromatic heterocycles. The van der Waals surface area contributed by atoms with Gasteiger partial charge in [-0.2, -0.15) is 0 Å². The Morgan fingerprint density at radius 1 is 0.533 bits per heavy atom. The van der Waals surface area contributed by atoms with Crippen molar-refractivity contribution in [3.05, 3.63) is 58.6 Å². The van der Waals surface area contributed by atoms with Crippen LogP contribution in [0.2, 0.25) is 10.0 Å². The van der Waals surface area contributed by atoms with Crippen LogP contribution in [0.25, 0.3) is 11.1 Å². The van der Waals surface area contributed by atoms with Crippen LogP contribution in [-0.4, -0.2) is 0 Å². The maximum absolute atomic E-state index is 5.80. The molecule has 15 heavy (non-hydrogen) atoms. The molecule has 2 rings (SSSR count). The fourth-order valence-corrected chi connectivity index (χ4v) is 1.54. The summed E-state index contributed by atoms with van der Waals surface area (Å²) in [5.74, 6) is 0. The molecule has 78 valence electrons. The predicted octanol–water partition coefficient (Wildman–Crippen LogP) is 4.66. The average molecular weight is 324 g/mol. The summed E-state index contributed by atoms with van der Waals surface area (Å²) in [6, 6.07) is 15.5. The van der Waals surface area contributed by atoms with Gasteiger partial charge in [-0.3, -0.25) is 0 Å². The van der Waals surface area contributed by atoms with E-state index in [0.29, 0.717) is 0 Å². The molecule has 0 saturated heterocycles. The zero-order chi connectivity index (χ0) is 9.97. The van der Waals surface area contributed by atoms with Crippen molar-refractivity contribution in [2.75, 3.05) is 0 Å². The summed E-state index contributed by atoms with van der Waals surface area (Å²) < 4.78 is 0. The summed E-state index contributed by atoms with van der Waals surface area (Å²) in [6.45, 7) is 0. The van der Waals surface area contributed by atoms with Crippen LogP contribution in [0.15, 0.2) is 48.5 Å². The maximum atomic E-state index is 5.80. The van der Waals surface area contributed by atoms with Gasteiger partial charge in [-0.1, -0.05) is 47.5 Å². The zero-order valence-corrected chi connectivity index (χ0v) is 11.0. The van der Waals surface area contributed by atoms with Gasteiger partial charge in [-0.15, -0.1) is 0 Å². The average Bonchev–Trinajstić information content (AvgIpc) is 2.21. The van der Waals surface area contributed by atoms with Crippen molar-refractivity contribution in [1.82, 2.24) is 0 Å². The second-order valence-corrected chi connectivity index (χ2v) is 3.89. The van der Waals surface area contributed by atoms with E-state index in [1.807, 2.05) is 48.5 Å². The second kappa shape index (κ2) is 5.65. The van der Waals surface area contributed by atoms with E-state index in [1.165, 1.54) is 0 Å². The molecule has 0 saturated carbocycles. The predicted molar refractivity (Wildman–Crippen MR) is 61.9 cm³/mol. The summed E-state index contributed by atoms with van der Waals surface area (Å²) in [5, 5.41) is 1.51. The molecule has 0 fully saturated rings. The first-order valence-electron chi connectivity index (χ1n) is 4.27. The molecule has 0 bridgehead atoms. The first kappa shape index (κ1) is 12.7. The smallest absolute Gasteiger partial charge is 0.0406 e. The van der Waals surface area contributed by atoms with Gasteiger partial charge in [0.25, 0.3) is 0 Å². The molecule has 2 aromatic carbocycles. The van der Waals surface area contributed by atoms with Crippen molar-refractivity contribution in [3.8, 4) is 11.1 Å². The van der Waals surface area contributed by atoms with Crippen molar-refractivity contribution in [3.63, 3.8) is 0 Å². The first-order chi connectivity index (χ1) is 6.75. The molecule has 0 spiro atoms. The number of rotatable bonds is 1. The van der Waals surface area contributed by atoms with E-state index in [0.717, 1.165) is 21.2 Å². The minimum absolute atomic E-state index is 0. The third-order valence-corrected chi connectivity index (χ3v) is 2.53. The van der Waals surface area contributed by atoms with Crippen molar-refractivity contribution in [1.29, 1.82) is 0 Å². The third kappa shape index (κ3) is 3.31. The quantitative estimate of drug-likeness (QED) is 0.670. The summed E-state index contributed by atoms with van der Waals surface area (Å²) >= 11 is 11.6. The molecule has 0 N–H and O–H groups in total. The van der Waals surface area contributed by atoms with Gasteiger partial charge in [0.1, 0.15) is 0 Å². The van der Waals surface area contributed by atoms with E-state index < -0.39 is 0 Å². The molecule has 0 aliphatic heterocycles. The van der Waals surface area contributed by atoms with Crippen molar-refractivity contribution in [2.24, 2.45) is 0 Å². The van der Waals surface area contributed by atoms with Crippen LogP contribution in [0, 0.1) is 0 Å². The van der Waals surface area contributed by atoms with Crippen LogP contribution in [0.3, 0.4) is 0 Å². The van der Waals surface area contributed by atoms with Gasteiger partial charge in [-0.25, -0.2) is 0 Å². The molecule has 0 nitrogen and oxygen atoms in total. The van der Waals surface area contributed by atoms with E-state index in [4.69, 9.17) is 23.2 Å². The summed E-state index contributed by atoms with van der Waals surface area (Å²) in [4.78, 5) is 0. The molecular formula is C12H8Cl2Ru. The number of halogens is 2. The van der Waals surface area contributed by atoms with E-state index >= 15 is 0 Å². The van der Waals surface area contributed by atoms with Gasteiger partial charge in [-0.05, 0) is 35.4 Å². The Balaban J connectivity index is 0.00000112. The van der Waals surface area contributed by atoms with Crippen LogP contribution < -0.4 is 0 Å². The molecular weight excluding hydrogens is 316 g/mol. The van der Waals surface area contributed by atoms with Gasteiger partial charge in [0.2, 0.25) is 0 Å². The molecule has 0 aliphatic carbocycles. The molecule has 0 atom stereocenters. The van der Waals surface area contributed by atoms with E-state index in [1.54, 1.807) is 0 Å². The van der Waals surface area contributed by atoms with Crippen LogP contribution >= 0.6 is 23.2 Å². The largest absolute Gasteiger partial charge is 0.0843 e. The molecule has 0 amide bonds. The molecule has 2 aromatic rings. The third-order valence-electron chi connectivity index (χ3n) is 2.02. The zero-order valence-electron chi connectivity index (χ0n) is 7.73. The van der Waals surface area contributed by atoms with Gasteiger partial charge in [0, 0.05) is 29.5 Å². The first-order valence-corrected chi connectivity index (χ1v) is 5.03. The van der Waals surface area contributed by atoms with Crippen molar-refractivity contribution < 1.29 is 19.5 Å².